The zero-order valence-corrected chi connectivity index (χ0v) is 10.9. The van der Waals surface area contributed by atoms with E-state index >= 15 is 0 Å². The van der Waals surface area contributed by atoms with E-state index in [4.69, 9.17) is 11.6 Å². The van der Waals surface area contributed by atoms with E-state index in [2.05, 4.69) is 0 Å². The van der Waals surface area contributed by atoms with Crippen LogP contribution in [0.3, 0.4) is 0 Å². The van der Waals surface area contributed by atoms with Gasteiger partial charge in [-0.1, -0.05) is 32.4 Å². The monoisotopic (exact) mass is 250 g/mol. The van der Waals surface area contributed by atoms with Gasteiger partial charge in [-0.15, -0.1) is 0 Å². The van der Waals surface area contributed by atoms with Crippen LogP contribution in [-0.4, -0.2) is 11.6 Å². The van der Waals surface area contributed by atoms with Crippen molar-refractivity contribution in [3.63, 3.8) is 0 Å². The van der Waals surface area contributed by atoms with E-state index in [0.717, 1.165) is 0 Å². The van der Waals surface area contributed by atoms with E-state index in [1.165, 1.54) is 12.2 Å². The molecule has 0 atom stereocenters. The number of hydrogen-bond acceptors (Lipinski definition) is 2. The largest absolute Gasteiger partial charge is 0.294 e. The quantitative estimate of drug-likeness (QED) is 0.606. The molecule has 1 aromatic rings. The first-order chi connectivity index (χ1) is 7.80. The van der Waals surface area contributed by atoms with Crippen molar-refractivity contribution in [3.8, 4) is 0 Å². The molecule has 2 nitrogen and oxygen atoms in total. The van der Waals surface area contributed by atoms with Crippen LogP contribution in [0.25, 0.3) is 0 Å². The molecule has 0 amide bonds. The number of halogens is 1. The molecule has 0 radical (unpaired) electrons. The van der Waals surface area contributed by atoms with Crippen LogP contribution in [0.4, 0.5) is 0 Å². The van der Waals surface area contributed by atoms with Crippen molar-refractivity contribution in [2.75, 3.05) is 0 Å². The lowest BCUT2D eigenvalue weighted by Gasteiger charge is -2.12. The Balaban J connectivity index is 2.77. The number of carbonyl (C=O) groups is 2. The Morgan fingerprint density at radius 2 is 1.59 bits per heavy atom. The zero-order valence-electron chi connectivity index (χ0n) is 10.2. The van der Waals surface area contributed by atoms with Gasteiger partial charge in [0.25, 0.3) is 0 Å². The summed E-state index contributed by atoms with van der Waals surface area (Å²) in [7, 11) is 0. The topological polar surface area (TPSA) is 34.1 Å². The maximum atomic E-state index is 11.7. The lowest BCUT2D eigenvalue weighted by molar-refractivity contribution is -0.121. The SMILES string of the molecule is CC(C)(C)C(=O)C=CC(=O)c1ccc(Cl)cc1. The molecule has 0 aromatic heterocycles. The standard InChI is InChI=1S/C14H15ClO2/c1-14(2,3)13(17)9-8-12(16)10-4-6-11(15)7-5-10/h4-9H,1-3H3. The Morgan fingerprint density at radius 1 is 1.06 bits per heavy atom. The maximum Gasteiger partial charge on any atom is 0.185 e. The molecule has 0 aliphatic carbocycles. The van der Waals surface area contributed by atoms with Gasteiger partial charge in [0, 0.05) is 16.0 Å². The summed E-state index contributed by atoms with van der Waals surface area (Å²) in [6.45, 7) is 5.44. The third kappa shape index (κ3) is 4.16. The van der Waals surface area contributed by atoms with Crippen LogP contribution in [-0.2, 0) is 4.79 Å². The fraction of sp³-hybridized carbons (Fsp3) is 0.286. The number of rotatable bonds is 3. The summed E-state index contributed by atoms with van der Waals surface area (Å²) in [5.41, 5.74) is 0.0592. The molecule has 0 saturated heterocycles. The molecule has 0 saturated carbocycles. The minimum atomic E-state index is -0.462. The molecule has 0 spiro atoms. The minimum Gasteiger partial charge on any atom is -0.294 e. The highest BCUT2D eigenvalue weighted by Gasteiger charge is 2.18. The third-order valence-electron chi connectivity index (χ3n) is 2.25. The summed E-state index contributed by atoms with van der Waals surface area (Å²) in [6.07, 6.45) is 2.63. The number of allylic oxidation sites excluding steroid dienone is 2. The average molecular weight is 251 g/mol. The highest BCUT2D eigenvalue weighted by molar-refractivity contribution is 6.30. The first-order valence-electron chi connectivity index (χ1n) is 5.33. The smallest absolute Gasteiger partial charge is 0.185 e. The fourth-order valence-corrected chi connectivity index (χ4v) is 1.24. The van der Waals surface area contributed by atoms with Crippen LogP contribution in [0, 0.1) is 5.41 Å². The van der Waals surface area contributed by atoms with Crippen LogP contribution in [0.2, 0.25) is 5.02 Å². The Labute approximate surface area is 106 Å². The zero-order chi connectivity index (χ0) is 13.1. The Bertz CT molecular complexity index is 450. The van der Waals surface area contributed by atoms with Crippen molar-refractivity contribution in [3.05, 3.63) is 47.0 Å². The Morgan fingerprint density at radius 3 is 2.06 bits per heavy atom. The summed E-state index contributed by atoms with van der Waals surface area (Å²) in [5, 5.41) is 0.580. The highest BCUT2D eigenvalue weighted by atomic mass is 35.5. The summed E-state index contributed by atoms with van der Waals surface area (Å²) in [5.74, 6) is -0.265. The van der Waals surface area contributed by atoms with Crippen molar-refractivity contribution in [1.29, 1.82) is 0 Å². The second-order valence-corrected chi connectivity index (χ2v) is 5.26. The molecule has 0 aliphatic rings. The summed E-state index contributed by atoms with van der Waals surface area (Å²) in [4.78, 5) is 23.3. The molecule has 90 valence electrons. The molecule has 1 rings (SSSR count). The number of benzene rings is 1. The highest BCUT2D eigenvalue weighted by Crippen LogP contribution is 2.15. The van der Waals surface area contributed by atoms with Crippen molar-refractivity contribution in [2.24, 2.45) is 5.41 Å². The van der Waals surface area contributed by atoms with Crippen LogP contribution in [0.5, 0.6) is 0 Å². The van der Waals surface area contributed by atoms with Gasteiger partial charge in [0.15, 0.2) is 11.6 Å². The summed E-state index contributed by atoms with van der Waals surface area (Å²) < 4.78 is 0. The lowest BCUT2D eigenvalue weighted by Crippen LogP contribution is -2.17. The second kappa shape index (κ2) is 5.28. The van der Waals surface area contributed by atoms with E-state index in [1.54, 1.807) is 24.3 Å². The van der Waals surface area contributed by atoms with Crippen LogP contribution in [0.1, 0.15) is 31.1 Å². The van der Waals surface area contributed by atoms with E-state index in [0.29, 0.717) is 10.6 Å². The van der Waals surface area contributed by atoms with Gasteiger partial charge in [-0.05, 0) is 36.4 Å². The lowest BCUT2D eigenvalue weighted by atomic mass is 9.90. The van der Waals surface area contributed by atoms with Gasteiger partial charge in [-0.3, -0.25) is 9.59 Å². The van der Waals surface area contributed by atoms with Crippen molar-refractivity contribution < 1.29 is 9.59 Å². The predicted octanol–water partition coefficient (Wildman–Crippen LogP) is 3.69. The van der Waals surface area contributed by atoms with Crippen molar-refractivity contribution >= 4 is 23.2 Å². The molecule has 0 N–H and O–H groups in total. The molecule has 17 heavy (non-hydrogen) atoms. The average Bonchev–Trinajstić information content (AvgIpc) is 2.25. The van der Waals surface area contributed by atoms with Gasteiger partial charge in [0.05, 0.1) is 0 Å². The molecule has 0 unspecified atom stereocenters. The van der Waals surface area contributed by atoms with Gasteiger partial charge in [-0.25, -0.2) is 0 Å². The van der Waals surface area contributed by atoms with E-state index in [9.17, 15) is 9.59 Å². The van der Waals surface area contributed by atoms with Gasteiger partial charge >= 0.3 is 0 Å². The predicted molar refractivity (Wildman–Crippen MR) is 69.4 cm³/mol. The molecular formula is C14H15ClO2. The van der Waals surface area contributed by atoms with Crippen molar-refractivity contribution in [1.82, 2.24) is 0 Å². The maximum absolute atomic E-state index is 11.7. The van der Waals surface area contributed by atoms with Gasteiger partial charge in [0.2, 0.25) is 0 Å². The molecule has 1 aromatic carbocycles. The molecular weight excluding hydrogens is 236 g/mol. The fourth-order valence-electron chi connectivity index (χ4n) is 1.11. The number of hydrogen-bond donors (Lipinski definition) is 0. The molecule has 0 heterocycles. The van der Waals surface area contributed by atoms with Crippen LogP contribution >= 0.6 is 11.6 Å². The van der Waals surface area contributed by atoms with Crippen molar-refractivity contribution in [2.45, 2.75) is 20.8 Å². The normalized spacial score (nSPS) is 11.8. The second-order valence-electron chi connectivity index (χ2n) is 4.82. The first-order valence-corrected chi connectivity index (χ1v) is 5.71. The summed E-state index contributed by atoms with van der Waals surface area (Å²) >= 11 is 5.72. The van der Waals surface area contributed by atoms with E-state index < -0.39 is 5.41 Å². The third-order valence-corrected chi connectivity index (χ3v) is 2.51. The minimum absolute atomic E-state index is 0.0696. The van der Waals surface area contributed by atoms with Gasteiger partial charge < -0.3 is 0 Å². The number of ketones is 2. The Kier molecular flexibility index (Phi) is 4.24. The van der Waals surface area contributed by atoms with Crippen LogP contribution in [0.15, 0.2) is 36.4 Å². The first kappa shape index (κ1) is 13.7. The molecule has 0 bridgehead atoms. The number of carbonyl (C=O) groups excluding carboxylic acids is 2. The molecule has 0 fully saturated rings. The van der Waals surface area contributed by atoms with Crippen LogP contribution < -0.4 is 0 Å². The molecule has 3 heteroatoms. The summed E-state index contributed by atoms with van der Waals surface area (Å²) in [6, 6.07) is 6.57. The Hall–Kier alpha value is -1.41. The van der Waals surface area contributed by atoms with E-state index in [1.807, 2.05) is 20.8 Å². The van der Waals surface area contributed by atoms with E-state index in [-0.39, 0.29) is 11.6 Å². The van der Waals surface area contributed by atoms with Gasteiger partial charge in [0.1, 0.15) is 0 Å². The van der Waals surface area contributed by atoms with Gasteiger partial charge in [-0.2, -0.15) is 0 Å². The molecule has 0 aliphatic heterocycles.